The van der Waals surface area contributed by atoms with Gasteiger partial charge in [0.1, 0.15) is 12.9 Å². The minimum Gasteiger partial charge on any atom is -0.490 e. The number of fused-ring (bicyclic) bond motifs is 3. The third kappa shape index (κ3) is 12.2. The van der Waals surface area contributed by atoms with Crippen LogP contribution in [0, 0.1) is 18.8 Å². The summed E-state index contributed by atoms with van der Waals surface area (Å²) in [5.41, 5.74) is 13.0. The van der Waals surface area contributed by atoms with Crippen LogP contribution in [0.1, 0.15) is 104 Å². The van der Waals surface area contributed by atoms with Gasteiger partial charge >= 0.3 is 11.9 Å². The Bertz CT molecular complexity index is 3300. The van der Waals surface area contributed by atoms with Crippen molar-refractivity contribution in [1.29, 1.82) is 0 Å². The van der Waals surface area contributed by atoms with Crippen molar-refractivity contribution < 1.29 is 46.7 Å². The lowest BCUT2D eigenvalue weighted by Crippen LogP contribution is -2.47. The summed E-state index contributed by atoms with van der Waals surface area (Å²) in [5, 5.41) is 21.2. The van der Waals surface area contributed by atoms with Gasteiger partial charge in [-0.05, 0) is 106 Å². The molecule has 7 N–H and O–H groups in total. The number of amides is 5. The van der Waals surface area contributed by atoms with Gasteiger partial charge in [-0.2, -0.15) is 14.6 Å². The molecule has 24 heteroatoms. The van der Waals surface area contributed by atoms with Crippen molar-refractivity contribution in [3.05, 3.63) is 76.2 Å². The summed E-state index contributed by atoms with van der Waals surface area (Å²) in [6.07, 6.45) is 8.48. The SMILES string of the molecule is CN/C=C(\CN)c1cc2c(cc1C(F)F)N(c1nn(C3CCN(C(=O)C4CCC(NC(=O)C5CCN(c6ncc(C)c(Nc7cc(OC)c8c(c7)cc(OCC(=O)NC)c(OC)[n+]8C)n6)CC5)CC4)CC3)c3c1CN(C(=O)NC)CC3)CCC2. The third-order valence-electron chi connectivity index (χ3n) is 17.5. The van der Waals surface area contributed by atoms with Gasteiger partial charge in [0.15, 0.2) is 18.2 Å². The van der Waals surface area contributed by atoms with Gasteiger partial charge in [-0.3, -0.25) is 19.1 Å². The molecular formula is C60H80F2N15O7+. The molecule has 22 nitrogen and oxygen atoms in total. The smallest absolute Gasteiger partial charge is 0.411 e. The maximum absolute atomic E-state index is 14.8. The Kier molecular flexibility index (Phi) is 18.2. The van der Waals surface area contributed by atoms with Crippen LogP contribution in [0.3, 0.4) is 0 Å². The Balaban J connectivity index is 0.730. The molecule has 84 heavy (non-hydrogen) atoms. The number of ether oxygens (including phenoxy) is 3. The average molecular weight is 1160 g/mol. The Morgan fingerprint density at radius 3 is 2.30 bits per heavy atom. The van der Waals surface area contributed by atoms with Gasteiger partial charge in [-0.1, -0.05) is 0 Å². The van der Waals surface area contributed by atoms with E-state index >= 15 is 0 Å². The summed E-state index contributed by atoms with van der Waals surface area (Å²) in [6, 6.07) is 8.95. The second-order valence-electron chi connectivity index (χ2n) is 22.6. The number of benzene rings is 2. The highest BCUT2D eigenvalue weighted by molar-refractivity contribution is 5.89. The predicted molar refractivity (Wildman–Crippen MR) is 315 cm³/mol. The van der Waals surface area contributed by atoms with Gasteiger partial charge in [0.25, 0.3) is 17.8 Å². The lowest BCUT2D eigenvalue weighted by Gasteiger charge is -2.37. The van der Waals surface area contributed by atoms with Crippen LogP contribution in [0.5, 0.6) is 17.4 Å². The molecule has 5 amide bonds. The van der Waals surface area contributed by atoms with Crippen LogP contribution in [0.2, 0.25) is 0 Å². The second-order valence-corrected chi connectivity index (χ2v) is 22.6. The number of nitrogens with two attached hydrogens (primary N) is 1. The number of hydrogen-bond acceptors (Lipinski definition) is 15. The van der Waals surface area contributed by atoms with Crippen molar-refractivity contribution >= 4 is 69.2 Å². The van der Waals surface area contributed by atoms with Crippen LogP contribution in [0.4, 0.5) is 42.5 Å². The molecule has 0 unspecified atom stereocenters. The predicted octanol–water partition coefficient (Wildman–Crippen LogP) is 5.84. The summed E-state index contributed by atoms with van der Waals surface area (Å²) in [6.45, 7) is 5.72. The fourth-order valence-corrected chi connectivity index (χ4v) is 13.0. The number of nitrogens with zero attached hydrogens (tertiary/aromatic N) is 9. The molecule has 450 valence electrons. The van der Waals surface area contributed by atoms with Crippen molar-refractivity contribution in [2.45, 2.75) is 103 Å². The number of pyridine rings is 1. The number of methoxy groups -OCH3 is 2. The number of rotatable bonds is 17. The number of hydrogen-bond donors (Lipinski definition) is 6. The van der Waals surface area contributed by atoms with Crippen molar-refractivity contribution in [2.75, 3.05) is 103 Å². The van der Waals surface area contributed by atoms with E-state index < -0.39 is 6.43 Å². The van der Waals surface area contributed by atoms with Crippen molar-refractivity contribution in [3.63, 3.8) is 0 Å². The number of piperidine rings is 2. The first-order valence-corrected chi connectivity index (χ1v) is 29.4. The summed E-state index contributed by atoms with van der Waals surface area (Å²) in [4.78, 5) is 70.5. The molecule has 4 aliphatic heterocycles. The highest BCUT2D eigenvalue weighted by atomic mass is 19.3. The highest BCUT2D eigenvalue weighted by Gasteiger charge is 2.38. The van der Waals surface area contributed by atoms with Crippen LogP contribution < -0.4 is 60.9 Å². The molecule has 0 atom stereocenters. The van der Waals surface area contributed by atoms with Gasteiger partial charge in [0, 0.05) is 150 Å². The first-order valence-electron chi connectivity index (χ1n) is 29.4. The molecule has 7 heterocycles. The van der Waals surface area contributed by atoms with E-state index in [9.17, 15) is 28.0 Å². The fraction of sp³-hybridized carbons (Fsp3) is 0.533. The molecule has 3 fully saturated rings. The maximum Gasteiger partial charge on any atom is 0.411 e. The number of aromatic nitrogens is 5. The van der Waals surface area contributed by atoms with Gasteiger partial charge in [-0.25, -0.2) is 18.6 Å². The van der Waals surface area contributed by atoms with E-state index in [0.29, 0.717) is 143 Å². The molecule has 2 aromatic carbocycles. The zero-order chi connectivity index (χ0) is 59.3. The monoisotopic (exact) mass is 1160 g/mol. The topological polar surface area (TPSA) is 243 Å². The standard InChI is InChI=1S/C60H79F2N15O7/c1-35-31-67-59(70-54(35)68-42-25-39-27-50(84-34-51(78)65-3)58(83-7)72(5)52(39)49(28-42)82-6)74-20-14-36(15-21-74)56(79)69-41-12-10-37(11-13-41)57(80)73-22-16-43(17-23-73)77-47-18-24-75(60(81)66-4)33-46(47)55(71-77)76-19-8-9-38-26-44(40(30-63)32-64-2)45(53(61)62)29-48(38)76/h25-29,31-32,36-37,41,43,53,64H,8-24,30,33-34,63H2,1-7H3,(H3-,65,66,67,68,69,70,78,79,81)/p+1/b40-32+. The van der Waals surface area contributed by atoms with Gasteiger partial charge in [0.2, 0.25) is 23.5 Å². The van der Waals surface area contributed by atoms with Crippen LogP contribution in [0.15, 0.2) is 42.7 Å². The number of aryl methyl sites for hydroxylation is 3. The van der Waals surface area contributed by atoms with E-state index in [1.165, 1.54) is 0 Å². The lowest BCUT2D eigenvalue weighted by atomic mass is 9.84. The van der Waals surface area contributed by atoms with Crippen molar-refractivity contribution in [2.24, 2.45) is 24.6 Å². The minimum atomic E-state index is -2.72. The molecular weight excluding hydrogens is 1080 g/mol. The van der Waals surface area contributed by atoms with Crippen LogP contribution in [-0.4, -0.2) is 147 Å². The zero-order valence-corrected chi connectivity index (χ0v) is 49.3. The Labute approximate surface area is 488 Å². The van der Waals surface area contributed by atoms with E-state index in [0.717, 1.165) is 64.7 Å². The van der Waals surface area contributed by atoms with E-state index in [1.54, 1.807) is 58.7 Å². The Morgan fingerprint density at radius 1 is 0.857 bits per heavy atom. The third-order valence-corrected chi connectivity index (χ3v) is 17.5. The molecule has 0 spiro atoms. The summed E-state index contributed by atoms with van der Waals surface area (Å²) in [5.74, 6) is 2.99. The number of alkyl halides is 2. The molecule has 5 aromatic rings. The number of urea groups is 1. The zero-order valence-electron chi connectivity index (χ0n) is 49.3. The van der Waals surface area contributed by atoms with Crippen LogP contribution >= 0.6 is 0 Å². The summed E-state index contributed by atoms with van der Waals surface area (Å²) < 4.78 is 51.0. The van der Waals surface area contributed by atoms with E-state index in [1.807, 2.05) is 47.7 Å². The lowest BCUT2D eigenvalue weighted by molar-refractivity contribution is -0.651. The van der Waals surface area contributed by atoms with Crippen molar-refractivity contribution in [1.82, 2.24) is 50.8 Å². The quantitative estimate of drug-likeness (QED) is 0.0600. The molecule has 0 bridgehead atoms. The van der Waals surface area contributed by atoms with Gasteiger partial charge in [0.05, 0.1) is 32.2 Å². The number of nitrogens with one attached hydrogen (secondary N) is 5. The second kappa shape index (κ2) is 25.9. The van der Waals surface area contributed by atoms with Gasteiger partial charge < -0.3 is 66.1 Å². The van der Waals surface area contributed by atoms with Crippen LogP contribution in [0.25, 0.3) is 16.5 Å². The van der Waals surface area contributed by atoms with Crippen LogP contribution in [-0.2, 0) is 40.8 Å². The summed E-state index contributed by atoms with van der Waals surface area (Å²) in [7, 11) is 9.87. The largest absolute Gasteiger partial charge is 0.490 e. The highest BCUT2D eigenvalue weighted by Crippen LogP contribution is 2.44. The first kappa shape index (κ1) is 59.2. The maximum atomic E-state index is 14.8. The number of carbonyl (C=O) groups is 4. The van der Waals surface area contributed by atoms with Crippen molar-refractivity contribution in [3.8, 4) is 17.4 Å². The molecule has 5 aliphatic rings. The number of likely N-dealkylation sites (tertiary alicyclic amines) is 1. The number of carbonyl (C=O) groups excluding carboxylic acids is 4. The van der Waals surface area contributed by atoms with Gasteiger partial charge in [-0.15, -0.1) is 0 Å². The Hall–Kier alpha value is -8.02. The number of likely N-dealkylation sites (N-methyl/N-ethyl adjacent to an activating group) is 1. The fourth-order valence-electron chi connectivity index (χ4n) is 13.0. The normalized spacial score (nSPS) is 18.7. The molecule has 1 aliphatic carbocycles. The number of halogens is 2. The Morgan fingerprint density at radius 2 is 1.62 bits per heavy atom. The number of anilines is 5. The summed E-state index contributed by atoms with van der Waals surface area (Å²) >= 11 is 0. The van der Waals surface area contributed by atoms with E-state index in [4.69, 9.17) is 30.0 Å². The molecule has 10 rings (SSSR count). The van der Waals surface area contributed by atoms with E-state index in [-0.39, 0.29) is 66.4 Å². The first-order chi connectivity index (χ1) is 40.6. The molecule has 0 radical (unpaired) electrons. The minimum absolute atomic E-state index is 0.00771. The van der Waals surface area contributed by atoms with E-state index in [2.05, 4.69) is 46.0 Å². The average Bonchev–Trinajstić information content (AvgIpc) is 3.23. The molecule has 1 saturated carbocycles. The molecule has 3 aromatic heterocycles. The molecule has 2 saturated heterocycles.